The standard InChI is InChI=1S/C15H28N2O2.CH2O2/c1-3-17(4-2)12-15(7-8-15)16-14(18)10-13-6-5-9-19-11-13;2-1-3/h13H,3-12H2,1-2H3,(H,16,18);1H,(H,2,3). The van der Waals surface area contributed by atoms with Crippen LogP contribution in [0.4, 0.5) is 0 Å². The van der Waals surface area contributed by atoms with Crippen molar-refractivity contribution in [3.05, 3.63) is 0 Å². The summed E-state index contributed by atoms with van der Waals surface area (Å²) in [6.45, 7) is 8.87. The molecular weight excluding hydrogens is 284 g/mol. The van der Waals surface area contributed by atoms with Gasteiger partial charge in [0.15, 0.2) is 0 Å². The van der Waals surface area contributed by atoms with Gasteiger partial charge in [0, 0.05) is 26.2 Å². The number of carbonyl (C=O) groups excluding carboxylic acids is 1. The lowest BCUT2D eigenvalue weighted by atomic mass is 9.98. The quantitative estimate of drug-likeness (QED) is 0.696. The first-order valence-electron chi connectivity index (χ1n) is 8.28. The van der Waals surface area contributed by atoms with Crippen molar-refractivity contribution < 1.29 is 19.4 Å². The largest absolute Gasteiger partial charge is 0.483 e. The molecule has 0 aromatic heterocycles. The molecule has 1 saturated carbocycles. The van der Waals surface area contributed by atoms with Crippen molar-refractivity contribution in [1.82, 2.24) is 10.2 Å². The van der Waals surface area contributed by atoms with Crippen LogP contribution in [-0.4, -0.2) is 60.8 Å². The van der Waals surface area contributed by atoms with Gasteiger partial charge in [0.05, 0.1) is 5.54 Å². The molecule has 0 aromatic rings. The van der Waals surface area contributed by atoms with Gasteiger partial charge in [0.2, 0.25) is 5.91 Å². The molecule has 0 bridgehead atoms. The fourth-order valence-corrected chi connectivity index (χ4v) is 2.93. The zero-order valence-electron chi connectivity index (χ0n) is 13.8. The molecule has 1 heterocycles. The number of nitrogens with one attached hydrogen (secondary N) is 1. The molecule has 2 aliphatic rings. The molecule has 1 saturated heterocycles. The third-order valence-electron chi connectivity index (χ3n) is 4.41. The van der Waals surface area contributed by atoms with Gasteiger partial charge in [-0.25, -0.2) is 0 Å². The van der Waals surface area contributed by atoms with Gasteiger partial charge in [0.1, 0.15) is 0 Å². The minimum absolute atomic E-state index is 0.0820. The second-order valence-electron chi connectivity index (χ2n) is 6.18. The van der Waals surface area contributed by atoms with Crippen molar-refractivity contribution in [3.8, 4) is 0 Å². The van der Waals surface area contributed by atoms with Gasteiger partial charge in [-0.15, -0.1) is 0 Å². The summed E-state index contributed by atoms with van der Waals surface area (Å²) in [4.78, 5) is 22.9. The van der Waals surface area contributed by atoms with Gasteiger partial charge in [0.25, 0.3) is 6.47 Å². The van der Waals surface area contributed by atoms with Gasteiger partial charge < -0.3 is 20.1 Å². The molecule has 2 rings (SSSR count). The van der Waals surface area contributed by atoms with Crippen LogP contribution in [0.15, 0.2) is 0 Å². The van der Waals surface area contributed by atoms with E-state index in [4.69, 9.17) is 14.6 Å². The number of likely N-dealkylation sites (N-methyl/N-ethyl adjacent to an activating group) is 1. The van der Waals surface area contributed by atoms with Crippen LogP contribution < -0.4 is 5.32 Å². The number of carboxylic acid groups (broad SMARTS) is 1. The van der Waals surface area contributed by atoms with Crippen molar-refractivity contribution in [2.24, 2.45) is 5.92 Å². The summed E-state index contributed by atoms with van der Waals surface area (Å²) in [5.74, 6) is 0.651. The van der Waals surface area contributed by atoms with Crippen molar-refractivity contribution in [1.29, 1.82) is 0 Å². The lowest BCUT2D eigenvalue weighted by molar-refractivity contribution is -0.124. The second kappa shape index (κ2) is 9.79. The lowest BCUT2D eigenvalue weighted by Crippen LogP contribution is -2.46. The summed E-state index contributed by atoms with van der Waals surface area (Å²) >= 11 is 0. The van der Waals surface area contributed by atoms with Crippen molar-refractivity contribution in [2.75, 3.05) is 32.8 Å². The van der Waals surface area contributed by atoms with Gasteiger partial charge in [-0.2, -0.15) is 0 Å². The van der Waals surface area contributed by atoms with Crippen molar-refractivity contribution in [2.45, 2.75) is 51.5 Å². The van der Waals surface area contributed by atoms with E-state index in [-0.39, 0.29) is 17.9 Å². The van der Waals surface area contributed by atoms with E-state index in [0.717, 1.165) is 58.5 Å². The molecular formula is C16H30N2O4. The van der Waals surface area contributed by atoms with Crippen LogP contribution in [-0.2, 0) is 14.3 Å². The molecule has 1 atom stereocenters. The summed E-state index contributed by atoms with van der Waals surface area (Å²) in [5.41, 5.74) is 0.0820. The summed E-state index contributed by atoms with van der Waals surface area (Å²) in [6, 6.07) is 0. The summed E-state index contributed by atoms with van der Waals surface area (Å²) < 4.78 is 5.44. The average Bonchev–Trinajstić information content (AvgIpc) is 3.26. The highest BCUT2D eigenvalue weighted by atomic mass is 16.5. The Kier molecular flexibility index (Phi) is 8.42. The topological polar surface area (TPSA) is 78.9 Å². The lowest BCUT2D eigenvalue weighted by Gasteiger charge is -2.27. The van der Waals surface area contributed by atoms with Crippen molar-refractivity contribution >= 4 is 12.4 Å². The molecule has 2 fully saturated rings. The zero-order chi connectivity index (χ0) is 16.4. The molecule has 1 aliphatic heterocycles. The highest BCUT2D eigenvalue weighted by molar-refractivity contribution is 5.77. The number of amides is 1. The van der Waals surface area contributed by atoms with Crippen LogP contribution in [0.3, 0.4) is 0 Å². The highest BCUT2D eigenvalue weighted by Crippen LogP contribution is 2.36. The van der Waals surface area contributed by atoms with E-state index in [1.54, 1.807) is 0 Å². The maximum Gasteiger partial charge on any atom is 0.290 e. The summed E-state index contributed by atoms with van der Waals surface area (Å²) in [6.07, 6.45) is 5.14. The van der Waals surface area contributed by atoms with E-state index < -0.39 is 0 Å². The molecule has 0 aromatic carbocycles. The molecule has 2 N–H and O–H groups in total. The van der Waals surface area contributed by atoms with Crippen LogP contribution in [0.2, 0.25) is 0 Å². The molecule has 128 valence electrons. The summed E-state index contributed by atoms with van der Waals surface area (Å²) in [7, 11) is 0. The number of ether oxygens (including phenoxy) is 1. The van der Waals surface area contributed by atoms with Gasteiger partial charge in [-0.1, -0.05) is 13.8 Å². The zero-order valence-corrected chi connectivity index (χ0v) is 13.8. The Morgan fingerprint density at radius 2 is 2.05 bits per heavy atom. The van der Waals surface area contributed by atoms with Crippen LogP contribution in [0, 0.1) is 5.92 Å². The SMILES string of the molecule is CCN(CC)CC1(NC(=O)CC2CCCOC2)CC1.O=CO. The monoisotopic (exact) mass is 314 g/mol. The Morgan fingerprint density at radius 3 is 2.50 bits per heavy atom. The fraction of sp³-hybridized carbons (Fsp3) is 0.875. The van der Waals surface area contributed by atoms with E-state index >= 15 is 0 Å². The van der Waals surface area contributed by atoms with Crippen LogP contribution in [0.25, 0.3) is 0 Å². The predicted molar refractivity (Wildman–Crippen MR) is 84.7 cm³/mol. The normalized spacial score (nSPS) is 22.4. The van der Waals surface area contributed by atoms with E-state index in [1.165, 1.54) is 0 Å². The number of hydrogen-bond donors (Lipinski definition) is 2. The average molecular weight is 314 g/mol. The van der Waals surface area contributed by atoms with Gasteiger partial charge >= 0.3 is 0 Å². The first-order valence-corrected chi connectivity index (χ1v) is 8.28. The predicted octanol–water partition coefficient (Wildman–Crippen LogP) is 1.49. The smallest absolute Gasteiger partial charge is 0.290 e. The Bertz CT molecular complexity index is 335. The van der Waals surface area contributed by atoms with Crippen LogP contribution >= 0.6 is 0 Å². The maximum atomic E-state index is 12.1. The molecule has 0 spiro atoms. The molecule has 6 nitrogen and oxygen atoms in total. The molecule has 0 radical (unpaired) electrons. The number of carbonyl (C=O) groups is 2. The van der Waals surface area contributed by atoms with E-state index in [9.17, 15) is 4.79 Å². The Balaban J connectivity index is 0.000000745. The van der Waals surface area contributed by atoms with E-state index in [0.29, 0.717) is 12.3 Å². The second-order valence-corrected chi connectivity index (χ2v) is 6.18. The molecule has 1 amide bonds. The molecule has 22 heavy (non-hydrogen) atoms. The minimum Gasteiger partial charge on any atom is -0.483 e. The van der Waals surface area contributed by atoms with Gasteiger partial charge in [-0.3, -0.25) is 9.59 Å². The minimum atomic E-state index is -0.250. The van der Waals surface area contributed by atoms with Gasteiger partial charge in [-0.05, 0) is 44.7 Å². The number of nitrogens with zero attached hydrogens (tertiary/aromatic N) is 1. The number of rotatable bonds is 7. The Morgan fingerprint density at radius 1 is 1.41 bits per heavy atom. The molecule has 1 aliphatic carbocycles. The summed E-state index contributed by atoms with van der Waals surface area (Å²) in [5, 5.41) is 10.2. The first-order chi connectivity index (χ1) is 10.6. The molecule has 1 unspecified atom stereocenters. The van der Waals surface area contributed by atoms with Crippen molar-refractivity contribution in [3.63, 3.8) is 0 Å². The maximum absolute atomic E-state index is 12.1. The van der Waals surface area contributed by atoms with E-state index in [2.05, 4.69) is 24.1 Å². The van der Waals surface area contributed by atoms with Crippen LogP contribution in [0.5, 0.6) is 0 Å². The Hall–Kier alpha value is -1.14. The highest BCUT2D eigenvalue weighted by Gasteiger charge is 2.44. The third-order valence-corrected chi connectivity index (χ3v) is 4.41. The van der Waals surface area contributed by atoms with E-state index in [1.807, 2.05) is 0 Å². The molecule has 6 heteroatoms. The number of hydrogen-bond acceptors (Lipinski definition) is 4. The fourth-order valence-electron chi connectivity index (χ4n) is 2.93. The third kappa shape index (κ3) is 6.75. The first kappa shape index (κ1) is 18.9. The van der Waals surface area contributed by atoms with Crippen LogP contribution in [0.1, 0.15) is 46.0 Å². The Labute approximate surface area is 133 Å².